The number of hydrogen-bond donors (Lipinski definition) is 1. The van der Waals surface area contributed by atoms with Gasteiger partial charge in [0.1, 0.15) is 11.8 Å². The highest BCUT2D eigenvalue weighted by Crippen LogP contribution is 2.28. The summed E-state index contributed by atoms with van der Waals surface area (Å²) >= 11 is 0. The molecule has 0 amide bonds. The summed E-state index contributed by atoms with van der Waals surface area (Å²) in [7, 11) is 0. The molecule has 3 aromatic heterocycles. The summed E-state index contributed by atoms with van der Waals surface area (Å²) in [6, 6.07) is 6.87. The molecule has 0 aromatic carbocycles. The maximum Gasteiger partial charge on any atom is 0.328 e. The van der Waals surface area contributed by atoms with Crippen LogP contribution in [0.4, 0.5) is 0 Å². The van der Waals surface area contributed by atoms with Crippen molar-refractivity contribution in [3.05, 3.63) is 65.5 Å². The quantitative estimate of drug-likeness (QED) is 0.474. The molecule has 3 aromatic rings. The number of nitrogens with one attached hydrogen (secondary N) is 1. The fourth-order valence-electron chi connectivity index (χ4n) is 4.10. The number of rotatable bonds is 9. The van der Waals surface area contributed by atoms with Crippen molar-refractivity contribution in [1.29, 1.82) is 0 Å². The average Bonchev–Trinajstić information content (AvgIpc) is 3.18. The molecule has 0 saturated carbocycles. The second-order valence-corrected chi connectivity index (χ2v) is 8.14. The van der Waals surface area contributed by atoms with Crippen LogP contribution in [0, 0.1) is 6.92 Å². The Morgan fingerprint density at radius 3 is 2.76 bits per heavy atom. The minimum absolute atomic E-state index is 0.139. The Morgan fingerprint density at radius 2 is 2.03 bits per heavy atom. The van der Waals surface area contributed by atoms with Crippen molar-refractivity contribution in [3.8, 4) is 11.6 Å². The van der Waals surface area contributed by atoms with Crippen LogP contribution in [-0.4, -0.2) is 39.4 Å². The summed E-state index contributed by atoms with van der Waals surface area (Å²) in [5.74, 6) is 0.772. The van der Waals surface area contributed by atoms with Gasteiger partial charge in [-0.25, -0.2) is 9.78 Å². The van der Waals surface area contributed by atoms with E-state index in [4.69, 9.17) is 9.47 Å². The third-order valence-corrected chi connectivity index (χ3v) is 5.73. The van der Waals surface area contributed by atoms with E-state index in [0.29, 0.717) is 43.0 Å². The van der Waals surface area contributed by atoms with Gasteiger partial charge in [0.2, 0.25) is 5.88 Å². The van der Waals surface area contributed by atoms with Crippen molar-refractivity contribution in [2.24, 2.45) is 0 Å². The van der Waals surface area contributed by atoms with Crippen LogP contribution >= 0.6 is 0 Å². The Labute approximate surface area is 198 Å². The number of fused-ring (bicyclic) bond motifs is 1. The van der Waals surface area contributed by atoms with Crippen molar-refractivity contribution in [2.45, 2.75) is 52.5 Å². The molecule has 1 aliphatic rings. The lowest BCUT2D eigenvalue weighted by molar-refractivity contribution is -0.145. The van der Waals surface area contributed by atoms with E-state index in [1.54, 1.807) is 31.6 Å². The van der Waals surface area contributed by atoms with Gasteiger partial charge in [0.15, 0.2) is 5.78 Å². The van der Waals surface area contributed by atoms with Crippen LogP contribution in [0.2, 0.25) is 0 Å². The van der Waals surface area contributed by atoms with Crippen LogP contribution in [0.3, 0.4) is 0 Å². The molecule has 0 saturated heterocycles. The number of aryl methyl sites for hydroxylation is 1. The minimum atomic E-state index is -0.630. The summed E-state index contributed by atoms with van der Waals surface area (Å²) in [6.45, 7) is 5.91. The SMILES string of the molecule is CCOC(=O)C(Cc1ccc(Oc2nc(C)cc3ccncc23)cn1)NC1=C(CC)C(=O)CC1. The maximum atomic E-state index is 12.6. The lowest BCUT2D eigenvalue weighted by atomic mass is 10.1. The number of ether oxygens (including phenoxy) is 2. The highest BCUT2D eigenvalue weighted by molar-refractivity contribution is 5.98. The van der Waals surface area contributed by atoms with E-state index in [-0.39, 0.29) is 18.4 Å². The van der Waals surface area contributed by atoms with Gasteiger partial charge >= 0.3 is 5.97 Å². The number of nitrogens with zero attached hydrogens (tertiary/aromatic N) is 3. The summed E-state index contributed by atoms with van der Waals surface area (Å²) in [6.07, 6.45) is 7.12. The van der Waals surface area contributed by atoms with Gasteiger partial charge in [-0.3, -0.25) is 14.8 Å². The summed E-state index contributed by atoms with van der Waals surface area (Å²) < 4.78 is 11.3. The lowest BCUT2D eigenvalue weighted by Crippen LogP contribution is -2.39. The van der Waals surface area contributed by atoms with Gasteiger partial charge in [0.05, 0.1) is 18.2 Å². The number of ketones is 1. The van der Waals surface area contributed by atoms with Crippen molar-refractivity contribution >= 4 is 22.5 Å². The molecular formula is C26H28N4O4. The van der Waals surface area contributed by atoms with Crippen LogP contribution in [0.25, 0.3) is 10.8 Å². The molecule has 1 aliphatic carbocycles. The molecule has 0 radical (unpaired) electrons. The molecule has 8 nitrogen and oxygen atoms in total. The zero-order chi connectivity index (χ0) is 24.1. The Balaban J connectivity index is 1.51. The largest absolute Gasteiger partial charge is 0.464 e. The molecule has 8 heteroatoms. The summed E-state index contributed by atoms with van der Waals surface area (Å²) in [5.41, 5.74) is 3.13. The number of hydrogen-bond acceptors (Lipinski definition) is 8. The van der Waals surface area contributed by atoms with Gasteiger partial charge in [-0.15, -0.1) is 0 Å². The predicted molar refractivity (Wildman–Crippen MR) is 127 cm³/mol. The zero-order valence-corrected chi connectivity index (χ0v) is 19.6. The molecular weight excluding hydrogens is 432 g/mol. The van der Waals surface area contributed by atoms with Crippen LogP contribution in [-0.2, 0) is 20.7 Å². The number of carbonyl (C=O) groups is 2. The molecule has 1 N–H and O–H groups in total. The Kier molecular flexibility index (Phi) is 7.15. The molecule has 1 atom stereocenters. The van der Waals surface area contributed by atoms with E-state index in [9.17, 15) is 9.59 Å². The summed E-state index contributed by atoms with van der Waals surface area (Å²) in [4.78, 5) is 37.9. The summed E-state index contributed by atoms with van der Waals surface area (Å²) in [5, 5.41) is 5.07. The fraction of sp³-hybridized carbons (Fsp3) is 0.346. The van der Waals surface area contributed by atoms with Crippen LogP contribution in [0.1, 0.15) is 44.5 Å². The first-order valence-electron chi connectivity index (χ1n) is 11.5. The number of esters is 1. The number of pyridine rings is 3. The Bertz CT molecular complexity index is 1240. The van der Waals surface area contributed by atoms with E-state index >= 15 is 0 Å². The van der Waals surface area contributed by atoms with Gasteiger partial charge < -0.3 is 14.8 Å². The molecule has 176 valence electrons. The molecule has 0 aliphatic heterocycles. The number of carbonyl (C=O) groups excluding carboxylic acids is 2. The van der Waals surface area contributed by atoms with Crippen molar-refractivity contribution < 1.29 is 19.1 Å². The minimum Gasteiger partial charge on any atom is -0.464 e. The second-order valence-electron chi connectivity index (χ2n) is 8.14. The lowest BCUT2D eigenvalue weighted by Gasteiger charge is -2.20. The molecule has 0 spiro atoms. The van der Waals surface area contributed by atoms with Gasteiger partial charge in [-0.1, -0.05) is 6.92 Å². The average molecular weight is 461 g/mol. The molecule has 3 heterocycles. The molecule has 34 heavy (non-hydrogen) atoms. The van der Waals surface area contributed by atoms with Gasteiger partial charge in [-0.2, -0.15) is 0 Å². The Hall–Kier alpha value is -3.81. The molecule has 4 rings (SSSR count). The molecule has 1 unspecified atom stereocenters. The second kappa shape index (κ2) is 10.4. The first-order valence-corrected chi connectivity index (χ1v) is 11.5. The predicted octanol–water partition coefficient (Wildman–Crippen LogP) is 4.22. The maximum absolute atomic E-state index is 12.6. The number of aromatic nitrogens is 3. The number of allylic oxidation sites excluding steroid dienone is 2. The van der Waals surface area contributed by atoms with E-state index in [0.717, 1.165) is 27.7 Å². The smallest absolute Gasteiger partial charge is 0.328 e. The standard InChI is InChI=1S/C26H28N4O4/c1-4-20-22(8-9-24(20)31)30-23(26(32)33-5-2)13-18-6-7-19(14-28-18)34-25-21-15-27-11-10-17(21)12-16(3)29-25/h6-7,10-12,14-15,23,30H,4-5,8-9,13H2,1-3H3. The highest BCUT2D eigenvalue weighted by atomic mass is 16.5. The van der Waals surface area contributed by atoms with Crippen molar-refractivity contribution in [1.82, 2.24) is 20.3 Å². The number of Topliss-reactive ketones (excluding diaryl/α,β-unsaturated/α-hetero) is 1. The first-order chi connectivity index (χ1) is 16.5. The van der Waals surface area contributed by atoms with Crippen LogP contribution in [0.5, 0.6) is 11.6 Å². The third-order valence-electron chi connectivity index (χ3n) is 5.73. The molecule has 0 fully saturated rings. The highest BCUT2D eigenvalue weighted by Gasteiger charge is 2.27. The van der Waals surface area contributed by atoms with E-state index in [1.807, 2.05) is 32.0 Å². The topological polar surface area (TPSA) is 103 Å². The molecule has 0 bridgehead atoms. The van der Waals surface area contributed by atoms with Crippen LogP contribution in [0.15, 0.2) is 54.1 Å². The van der Waals surface area contributed by atoms with E-state index < -0.39 is 6.04 Å². The van der Waals surface area contributed by atoms with Crippen molar-refractivity contribution in [2.75, 3.05) is 6.61 Å². The zero-order valence-electron chi connectivity index (χ0n) is 19.6. The van der Waals surface area contributed by atoms with Gasteiger partial charge in [0.25, 0.3) is 0 Å². The van der Waals surface area contributed by atoms with Gasteiger partial charge in [0, 0.05) is 47.9 Å². The van der Waals surface area contributed by atoms with Crippen molar-refractivity contribution in [3.63, 3.8) is 0 Å². The monoisotopic (exact) mass is 460 g/mol. The van der Waals surface area contributed by atoms with E-state index in [2.05, 4.69) is 20.3 Å². The van der Waals surface area contributed by atoms with Gasteiger partial charge in [-0.05, 0) is 56.3 Å². The fourth-order valence-corrected chi connectivity index (χ4v) is 4.10. The Morgan fingerprint density at radius 1 is 1.18 bits per heavy atom. The first kappa shape index (κ1) is 23.4. The third kappa shape index (κ3) is 5.22. The van der Waals surface area contributed by atoms with E-state index in [1.165, 1.54) is 0 Å². The van der Waals surface area contributed by atoms with Crippen LogP contribution < -0.4 is 10.1 Å². The normalized spacial score (nSPS) is 14.4.